The van der Waals surface area contributed by atoms with Crippen LogP contribution in [0, 0.1) is 17.2 Å². The highest BCUT2D eigenvalue weighted by Gasteiger charge is 2.32. The van der Waals surface area contributed by atoms with Crippen molar-refractivity contribution in [2.24, 2.45) is 5.92 Å². The number of carbonyl (C=O) groups is 1. The van der Waals surface area contributed by atoms with E-state index in [0.29, 0.717) is 35.2 Å². The van der Waals surface area contributed by atoms with Crippen molar-refractivity contribution in [3.05, 3.63) is 28.8 Å². The Bertz CT molecular complexity index is 539. The van der Waals surface area contributed by atoms with Gasteiger partial charge in [0.05, 0.1) is 11.3 Å². The van der Waals surface area contributed by atoms with E-state index in [2.05, 4.69) is 13.0 Å². The maximum absolute atomic E-state index is 11.4. The Kier molecular flexibility index (Phi) is 3.96. The topological polar surface area (TPSA) is 64.3 Å². The van der Waals surface area contributed by atoms with Crippen LogP contribution in [-0.4, -0.2) is 23.7 Å². The first-order chi connectivity index (χ1) is 9.02. The first kappa shape index (κ1) is 13.7. The van der Waals surface area contributed by atoms with E-state index in [-0.39, 0.29) is 0 Å². The summed E-state index contributed by atoms with van der Waals surface area (Å²) in [6, 6.07) is 6.46. The smallest absolute Gasteiger partial charge is 0.326 e. The SMILES string of the molecule is CC1CCN(c2cc(Cl)ccc2C#N)C(C(=O)O)C1. The number of carboxylic acid groups (broad SMARTS) is 1. The van der Waals surface area contributed by atoms with Crippen molar-refractivity contribution in [3.8, 4) is 6.07 Å². The third kappa shape index (κ3) is 2.82. The Balaban J connectivity index is 2.41. The molecule has 1 aliphatic rings. The summed E-state index contributed by atoms with van der Waals surface area (Å²) in [4.78, 5) is 13.2. The molecule has 1 aliphatic heterocycles. The number of halogens is 1. The molecule has 2 unspecified atom stereocenters. The molecule has 100 valence electrons. The molecule has 0 aromatic heterocycles. The molecule has 4 nitrogen and oxygen atoms in total. The lowest BCUT2D eigenvalue weighted by Crippen LogP contribution is -2.47. The highest BCUT2D eigenvalue weighted by atomic mass is 35.5. The fraction of sp³-hybridized carbons (Fsp3) is 0.429. The van der Waals surface area contributed by atoms with E-state index in [0.717, 1.165) is 6.42 Å². The van der Waals surface area contributed by atoms with Gasteiger partial charge in [0, 0.05) is 11.6 Å². The summed E-state index contributed by atoms with van der Waals surface area (Å²) >= 11 is 5.97. The fourth-order valence-electron chi connectivity index (χ4n) is 2.50. The van der Waals surface area contributed by atoms with Gasteiger partial charge < -0.3 is 10.0 Å². The van der Waals surface area contributed by atoms with Gasteiger partial charge in [0.2, 0.25) is 0 Å². The lowest BCUT2D eigenvalue weighted by Gasteiger charge is -2.38. The summed E-state index contributed by atoms with van der Waals surface area (Å²) in [5.74, 6) is -0.475. The molecule has 0 saturated carbocycles. The molecule has 1 aromatic carbocycles. The van der Waals surface area contributed by atoms with E-state index < -0.39 is 12.0 Å². The number of nitriles is 1. The Morgan fingerprint density at radius 2 is 2.32 bits per heavy atom. The van der Waals surface area contributed by atoms with Crippen LogP contribution >= 0.6 is 11.6 Å². The molecule has 0 amide bonds. The molecule has 19 heavy (non-hydrogen) atoms. The fourth-order valence-corrected chi connectivity index (χ4v) is 2.67. The lowest BCUT2D eigenvalue weighted by atomic mass is 9.91. The maximum atomic E-state index is 11.4. The van der Waals surface area contributed by atoms with Gasteiger partial charge in [-0.1, -0.05) is 18.5 Å². The molecule has 1 aromatic rings. The van der Waals surface area contributed by atoms with Crippen LogP contribution in [0.3, 0.4) is 0 Å². The largest absolute Gasteiger partial charge is 0.480 e. The lowest BCUT2D eigenvalue weighted by molar-refractivity contribution is -0.139. The van der Waals surface area contributed by atoms with Crippen LogP contribution in [0.15, 0.2) is 18.2 Å². The first-order valence-corrected chi connectivity index (χ1v) is 6.60. The van der Waals surface area contributed by atoms with Crippen LogP contribution in [0.4, 0.5) is 5.69 Å². The van der Waals surface area contributed by atoms with Crippen molar-refractivity contribution in [3.63, 3.8) is 0 Å². The summed E-state index contributed by atoms with van der Waals surface area (Å²) in [5.41, 5.74) is 1.08. The molecule has 2 atom stereocenters. The number of anilines is 1. The predicted molar refractivity (Wildman–Crippen MR) is 73.3 cm³/mol. The van der Waals surface area contributed by atoms with Crippen LogP contribution in [-0.2, 0) is 4.79 Å². The van der Waals surface area contributed by atoms with Gasteiger partial charge in [0.15, 0.2) is 0 Å². The number of benzene rings is 1. The number of carboxylic acids is 1. The summed E-state index contributed by atoms with van der Waals surface area (Å²) in [7, 11) is 0. The molecule has 1 N–H and O–H groups in total. The average Bonchev–Trinajstić information content (AvgIpc) is 2.38. The molecular weight excluding hydrogens is 264 g/mol. The number of nitrogens with zero attached hydrogens (tertiary/aromatic N) is 2. The van der Waals surface area contributed by atoms with Crippen LogP contribution in [0.5, 0.6) is 0 Å². The van der Waals surface area contributed by atoms with E-state index >= 15 is 0 Å². The van der Waals surface area contributed by atoms with E-state index in [1.807, 2.05) is 0 Å². The minimum atomic E-state index is -0.851. The van der Waals surface area contributed by atoms with Crippen LogP contribution in [0.25, 0.3) is 0 Å². The van der Waals surface area contributed by atoms with E-state index in [1.165, 1.54) is 0 Å². The Hall–Kier alpha value is -1.73. The van der Waals surface area contributed by atoms with Crippen molar-refractivity contribution in [2.75, 3.05) is 11.4 Å². The van der Waals surface area contributed by atoms with Gasteiger partial charge in [0.25, 0.3) is 0 Å². The number of aliphatic carboxylic acids is 1. The molecule has 0 spiro atoms. The number of rotatable bonds is 2. The standard InChI is InChI=1S/C14H15ClN2O2/c1-9-4-5-17(13(6-9)14(18)19)12-7-11(15)3-2-10(12)8-16/h2-3,7,9,13H,4-6H2,1H3,(H,18,19). The summed E-state index contributed by atoms with van der Waals surface area (Å²) in [5, 5.41) is 19.0. The zero-order chi connectivity index (χ0) is 14.0. The van der Waals surface area contributed by atoms with Gasteiger partial charge in [-0.05, 0) is 37.0 Å². The van der Waals surface area contributed by atoms with E-state index in [4.69, 9.17) is 16.9 Å². The highest BCUT2D eigenvalue weighted by Crippen LogP contribution is 2.32. The molecule has 0 aliphatic carbocycles. The minimum Gasteiger partial charge on any atom is -0.480 e. The van der Waals surface area contributed by atoms with Gasteiger partial charge in [-0.15, -0.1) is 0 Å². The second-order valence-electron chi connectivity index (χ2n) is 4.95. The predicted octanol–water partition coefficient (Wildman–Crippen LogP) is 2.90. The summed E-state index contributed by atoms with van der Waals surface area (Å²) in [6.45, 7) is 2.68. The molecule has 1 heterocycles. The van der Waals surface area contributed by atoms with Gasteiger partial charge in [-0.2, -0.15) is 5.26 Å². The Morgan fingerprint density at radius 1 is 1.58 bits per heavy atom. The number of piperidine rings is 1. The maximum Gasteiger partial charge on any atom is 0.326 e. The van der Waals surface area contributed by atoms with E-state index in [1.54, 1.807) is 23.1 Å². The summed E-state index contributed by atoms with van der Waals surface area (Å²) in [6.07, 6.45) is 1.51. The molecule has 1 fully saturated rings. The van der Waals surface area contributed by atoms with Crippen LogP contribution < -0.4 is 4.90 Å². The Labute approximate surface area is 117 Å². The minimum absolute atomic E-state index is 0.377. The molecule has 0 radical (unpaired) electrons. The third-order valence-corrected chi connectivity index (χ3v) is 3.77. The summed E-state index contributed by atoms with van der Waals surface area (Å²) < 4.78 is 0. The molecule has 2 rings (SSSR count). The van der Waals surface area contributed by atoms with Gasteiger partial charge in [-0.3, -0.25) is 0 Å². The molecule has 0 bridgehead atoms. The van der Waals surface area contributed by atoms with Gasteiger partial charge in [-0.25, -0.2) is 4.79 Å². The highest BCUT2D eigenvalue weighted by molar-refractivity contribution is 6.30. The van der Waals surface area contributed by atoms with E-state index in [9.17, 15) is 9.90 Å². The van der Waals surface area contributed by atoms with Crippen molar-refractivity contribution in [1.29, 1.82) is 5.26 Å². The van der Waals surface area contributed by atoms with Crippen molar-refractivity contribution in [1.82, 2.24) is 0 Å². The molecular formula is C14H15ClN2O2. The van der Waals surface area contributed by atoms with Crippen LogP contribution in [0.1, 0.15) is 25.3 Å². The van der Waals surface area contributed by atoms with Crippen LogP contribution in [0.2, 0.25) is 5.02 Å². The molecule has 1 saturated heterocycles. The van der Waals surface area contributed by atoms with Crippen molar-refractivity contribution >= 4 is 23.3 Å². The number of hydrogen-bond donors (Lipinski definition) is 1. The number of hydrogen-bond acceptors (Lipinski definition) is 3. The van der Waals surface area contributed by atoms with Gasteiger partial charge >= 0.3 is 5.97 Å². The Morgan fingerprint density at radius 3 is 2.95 bits per heavy atom. The third-order valence-electron chi connectivity index (χ3n) is 3.54. The quantitative estimate of drug-likeness (QED) is 0.903. The molecule has 5 heteroatoms. The average molecular weight is 279 g/mol. The first-order valence-electron chi connectivity index (χ1n) is 6.22. The second kappa shape index (κ2) is 5.50. The van der Waals surface area contributed by atoms with Gasteiger partial charge in [0.1, 0.15) is 12.1 Å². The second-order valence-corrected chi connectivity index (χ2v) is 5.39. The monoisotopic (exact) mass is 278 g/mol. The normalized spacial score (nSPS) is 22.9. The van der Waals surface area contributed by atoms with Crippen molar-refractivity contribution in [2.45, 2.75) is 25.8 Å². The van der Waals surface area contributed by atoms with Crippen molar-refractivity contribution < 1.29 is 9.90 Å². The zero-order valence-corrected chi connectivity index (χ0v) is 11.4. The zero-order valence-electron chi connectivity index (χ0n) is 10.6.